The molecule has 0 N–H and O–H groups in total. The number of nitrogens with zero attached hydrogens (tertiary/aromatic N) is 4. The summed E-state index contributed by atoms with van der Waals surface area (Å²) in [5.74, 6) is 1.89. The molecule has 0 amide bonds. The van der Waals surface area contributed by atoms with E-state index in [1.807, 2.05) is 36.4 Å². The summed E-state index contributed by atoms with van der Waals surface area (Å²) in [5.41, 5.74) is 15.7. The molecule has 0 bridgehead atoms. The summed E-state index contributed by atoms with van der Waals surface area (Å²) >= 11 is 0. The second kappa shape index (κ2) is 16.1. The summed E-state index contributed by atoms with van der Waals surface area (Å²) in [6, 6.07) is 56.9. The Bertz CT molecular complexity index is 2980. The van der Waals surface area contributed by atoms with Gasteiger partial charge in [0.15, 0.2) is 17.5 Å². The minimum Gasteiger partial charge on any atom is -0.307 e. The van der Waals surface area contributed by atoms with Gasteiger partial charge in [0.05, 0.1) is 16.7 Å². The number of fused-ring (bicyclic) bond motifs is 3. The third-order valence-corrected chi connectivity index (χ3v) is 12.8. The molecule has 0 unspecified atom stereocenters. The monoisotopic (exact) mass is 850 g/mol. The Hall–Kier alpha value is -6.65. The average Bonchev–Trinajstić information content (AvgIpc) is 3.61. The zero-order valence-corrected chi connectivity index (χ0v) is 40.3. The van der Waals surface area contributed by atoms with E-state index in [0.717, 1.165) is 44.6 Å². The van der Waals surface area contributed by atoms with Gasteiger partial charge in [-0.25, -0.2) is 15.0 Å². The summed E-state index contributed by atoms with van der Waals surface area (Å²) in [6.07, 6.45) is 0. The van der Waals surface area contributed by atoms with E-state index in [9.17, 15) is 0 Å². The van der Waals surface area contributed by atoms with E-state index in [2.05, 4.69) is 209 Å². The molecular weight excluding hydrogens is 789 g/mol. The molecule has 0 saturated carbocycles. The lowest BCUT2D eigenvalue weighted by molar-refractivity contribution is 0.571. The van der Waals surface area contributed by atoms with Crippen molar-refractivity contribution in [1.82, 2.24) is 19.5 Å². The number of hydrogen-bond acceptors (Lipinski definition) is 3. The first-order valence-electron chi connectivity index (χ1n) is 23.1. The van der Waals surface area contributed by atoms with Crippen LogP contribution in [0, 0.1) is 0 Å². The third kappa shape index (κ3) is 8.32. The van der Waals surface area contributed by atoms with Gasteiger partial charge in [0.1, 0.15) is 0 Å². The van der Waals surface area contributed by atoms with Crippen molar-refractivity contribution in [2.24, 2.45) is 0 Å². The number of benzene rings is 7. The fourth-order valence-electron chi connectivity index (χ4n) is 9.12. The van der Waals surface area contributed by atoms with Crippen molar-refractivity contribution in [3.8, 4) is 62.1 Å². The summed E-state index contributed by atoms with van der Waals surface area (Å²) in [6.45, 7) is 28.3. The molecule has 2 heterocycles. The van der Waals surface area contributed by atoms with Gasteiger partial charge in [0.2, 0.25) is 0 Å². The van der Waals surface area contributed by atoms with E-state index in [4.69, 9.17) is 15.0 Å². The van der Waals surface area contributed by atoms with Gasteiger partial charge in [-0.1, -0.05) is 217 Å². The molecule has 4 nitrogen and oxygen atoms in total. The predicted molar refractivity (Wildman–Crippen MR) is 276 cm³/mol. The Morgan fingerprint density at radius 3 is 0.938 bits per heavy atom. The zero-order valence-electron chi connectivity index (χ0n) is 40.3. The largest absolute Gasteiger partial charge is 0.307 e. The maximum atomic E-state index is 5.29. The standard InChI is InChI=1S/C61H62N4/c1-58(2,3)44-35-48-49-36-45(59(4,5)6)38-51(61(10,11)12)54(49)65(53(48)50(37-44)60(7,8)9)52-46(39-25-17-13-18-26-39)33-43(34-47(52)40-27-19-14-20-28-40)57-63-55(41-29-21-15-22-30-41)62-56(64-57)42-31-23-16-24-32-42/h13-38H,1-12H3. The number of hydrogen-bond donors (Lipinski definition) is 0. The summed E-state index contributed by atoms with van der Waals surface area (Å²) in [5, 5.41) is 2.57. The van der Waals surface area contributed by atoms with Crippen molar-refractivity contribution in [1.29, 1.82) is 0 Å². The molecule has 0 aliphatic heterocycles. The molecule has 0 spiro atoms. The molecule has 0 aliphatic carbocycles. The van der Waals surface area contributed by atoms with Gasteiger partial charge in [0, 0.05) is 38.6 Å². The van der Waals surface area contributed by atoms with Crippen LogP contribution in [0.15, 0.2) is 158 Å². The van der Waals surface area contributed by atoms with E-state index in [0.29, 0.717) is 17.5 Å². The second-order valence-electron chi connectivity index (χ2n) is 21.9. The highest BCUT2D eigenvalue weighted by molar-refractivity contribution is 6.14. The van der Waals surface area contributed by atoms with Crippen LogP contribution in [0.2, 0.25) is 0 Å². The molecule has 0 aliphatic rings. The molecule has 2 aromatic heterocycles. The van der Waals surface area contributed by atoms with Crippen LogP contribution in [0.25, 0.3) is 83.9 Å². The van der Waals surface area contributed by atoms with Crippen LogP contribution in [0.3, 0.4) is 0 Å². The Morgan fingerprint density at radius 2 is 0.631 bits per heavy atom. The van der Waals surface area contributed by atoms with Crippen molar-refractivity contribution in [3.63, 3.8) is 0 Å². The minimum absolute atomic E-state index is 0.0646. The molecule has 0 fully saturated rings. The highest BCUT2D eigenvalue weighted by Crippen LogP contribution is 2.49. The van der Waals surface area contributed by atoms with Gasteiger partial charge < -0.3 is 4.57 Å². The zero-order chi connectivity index (χ0) is 46.1. The number of aromatic nitrogens is 4. The van der Waals surface area contributed by atoms with Crippen LogP contribution < -0.4 is 0 Å². The van der Waals surface area contributed by atoms with Gasteiger partial charge in [-0.15, -0.1) is 0 Å². The highest BCUT2D eigenvalue weighted by Gasteiger charge is 2.33. The predicted octanol–water partition coefficient (Wildman–Crippen LogP) is 16.5. The Morgan fingerprint density at radius 1 is 0.323 bits per heavy atom. The smallest absolute Gasteiger partial charge is 0.164 e. The van der Waals surface area contributed by atoms with Crippen molar-refractivity contribution in [3.05, 3.63) is 180 Å². The molecule has 4 heteroatoms. The van der Waals surface area contributed by atoms with E-state index >= 15 is 0 Å². The maximum Gasteiger partial charge on any atom is 0.164 e. The van der Waals surface area contributed by atoms with Crippen LogP contribution in [-0.2, 0) is 21.7 Å². The van der Waals surface area contributed by atoms with Gasteiger partial charge in [-0.3, -0.25) is 0 Å². The first kappa shape index (κ1) is 43.6. The third-order valence-electron chi connectivity index (χ3n) is 12.8. The van der Waals surface area contributed by atoms with Crippen molar-refractivity contribution >= 4 is 21.8 Å². The summed E-state index contributed by atoms with van der Waals surface area (Å²) < 4.78 is 2.66. The SMILES string of the molecule is CC(C)(C)c1cc(C(C)(C)C)c2c(c1)c1cc(C(C)(C)C)cc(C(C)(C)C)c1n2-c1c(-c2ccccc2)cc(-c2nc(-c3ccccc3)nc(-c3ccccc3)n2)cc1-c1ccccc1. The number of rotatable bonds is 6. The fourth-order valence-corrected chi connectivity index (χ4v) is 9.12. The molecule has 0 atom stereocenters. The van der Waals surface area contributed by atoms with E-state index in [1.54, 1.807) is 0 Å². The normalized spacial score (nSPS) is 12.6. The lowest BCUT2D eigenvalue weighted by Gasteiger charge is -2.29. The Labute approximate surface area is 386 Å². The van der Waals surface area contributed by atoms with Crippen molar-refractivity contribution in [2.45, 2.75) is 105 Å². The van der Waals surface area contributed by atoms with Crippen LogP contribution in [-0.4, -0.2) is 19.5 Å². The lowest BCUT2D eigenvalue weighted by Crippen LogP contribution is -2.19. The van der Waals surface area contributed by atoms with E-state index in [-0.39, 0.29) is 21.7 Å². The molecule has 0 saturated heterocycles. The summed E-state index contributed by atoms with van der Waals surface area (Å²) in [4.78, 5) is 15.7. The molecule has 326 valence electrons. The quantitative estimate of drug-likeness (QED) is 0.167. The van der Waals surface area contributed by atoms with Gasteiger partial charge in [0.25, 0.3) is 0 Å². The van der Waals surface area contributed by atoms with Gasteiger partial charge >= 0.3 is 0 Å². The topological polar surface area (TPSA) is 43.6 Å². The molecule has 0 radical (unpaired) electrons. The molecule has 65 heavy (non-hydrogen) atoms. The van der Waals surface area contributed by atoms with E-state index in [1.165, 1.54) is 44.1 Å². The Balaban J connectivity index is 1.52. The lowest BCUT2D eigenvalue weighted by atomic mass is 9.78. The van der Waals surface area contributed by atoms with Crippen LogP contribution in [0.4, 0.5) is 0 Å². The highest BCUT2D eigenvalue weighted by atomic mass is 15.0. The van der Waals surface area contributed by atoms with Gasteiger partial charge in [-0.2, -0.15) is 0 Å². The van der Waals surface area contributed by atoms with Crippen molar-refractivity contribution < 1.29 is 0 Å². The maximum absolute atomic E-state index is 5.29. The van der Waals surface area contributed by atoms with Crippen LogP contribution in [0.5, 0.6) is 0 Å². The van der Waals surface area contributed by atoms with Crippen LogP contribution >= 0.6 is 0 Å². The minimum atomic E-state index is -0.188. The fraction of sp³-hybridized carbons (Fsp3) is 0.262. The molecular formula is C61H62N4. The van der Waals surface area contributed by atoms with E-state index < -0.39 is 0 Å². The van der Waals surface area contributed by atoms with Gasteiger partial charge in [-0.05, 0) is 79.3 Å². The van der Waals surface area contributed by atoms with Crippen molar-refractivity contribution in [2.75, 3.05) is 0 Å². The molecule has 9 rings (SSSR count). The Kier molecular flexibility index (Phi) is 10.8. The first-order chi connectivity index (χ1) is 30.8. The molecule has 7 aromatic carbocycles. The first-order valence-corrected chi connectivity index (χ1v) is 23.1. The average molecular weight is 851 g/mol. The summed E-state index contributed by atoms with van der Waals surface area (Å²) in [7, 11) is 0. The molecule has 9 aromatic rings. The van der Waals surface area contributed by atoms with Crippen LogP contribution in [0.1, 0.15) is 105 Å². The second-order valence-corrected chi connectivity index (χ2v) is 21.9.